The molecule has 3 heteroatoms. The van der Waals surface area contributed by atoms with Gasteiger partial charge in [-0.25, -0.2) is 4.98 Å². The van der Waals surface area contributed by atoms with E-state index in [-0.39, 0.29) is 0 Å². The largest absolute Gasteiger partial charge is 0.494 e. The molecule has 90 valence electrons. The van der Waals surface area contributed by atoms with Crippen LogP contribution in [-0.4, -0.2) is 11.6 Å². The summed E-state index contributed by atoms with van der Waals surface area (Å²) >= 11 is 1.74. The zero-order valence-electron chi connectivity index (χ0n) is 10.7. The van der Waals surface area contributed by atoms with Gasteiger partial charge in [0.25, 0.3) is 0 Å². The highest BCUT2D eigenvalue weighted by Gasteiger charge is 2.08. The van der Waals surface area contributed by atoms with Gasteiger partial charge in [-0.2, -0.15) is 0 Å². The first kappa shape index (κ1) is 12.1. The van der Waals surface area contributed by atoms with Gasteiger partial charge >= 0.3 is 0 Å². The highest BCUT2D eigenvalue weighted by molar-refractivity contribution is 7.15. The van der Waals surface area contributed by atoms with Crippen molar-refractivity contribution in [1.82, 2.24) is 4.98 Å². The zero-order chi connectivity index (χ0) is 12.4. The van der Waals surface area contributed by atoms with Gasteiger partial charge in [-0.1, -0.05) is 0 Å². The van der Waals surface area contributed by atoms with Crippen molar-refractivity contribution in [3.05, 3.63) is 34.3 Å². The third-order valence-electron chi connectivity index (χ3n) is 2.75. The molecule has 0 bridgehead atoms. The quantitative estimate of drug-likeness (QED) is 0.813. The van der Waals surface area contributed by atoms with Gasteiger partial charge in [0, 0.05) is 10.4 Å². The molecule has 0 N–H and O–H groups in total. The van der Waals surface area contributed by atoms with Crippen LogP contribution in [0.2, 0.25) is 0 Å². The second-order valence-electron chi connectivity index (χ2n) is 4.07. The van der Waals surface area contributed by atoms with E-state index in [1.165, 1.54) is 10.4 Å². The van der Waals surface area contributed by atoms with Gasteiger partial charge < -0.3 is 4.74 Å². The van der Waals surface area contributed by atoms with E-state index >= 15 is 0 Å². The van der Waals surface area contributed by atoms with Crippen LogP contribution in [0.1, 0.15) is 23.1 Å². The number of hydrogen-bond donors (Lipinski definition) is 0. The first-order chi connectivity index (χ1) is 8.11. The monoisotopic (exact) mass is 247 g/mol. The first-order valence-corrected chi connectivity index (χ1v) is 6.61. The lowest BCUT2D eigenvalue weighted by Gasteiger charge is -2.07. The summed E-state index contributed by atoms with van der Waals surface area (Å²) in [6.45, 7) is 8.94. The number of benzene rings is 1. The molecule has 2 aromatic rings. The van der Waals surface area contributed by atoms with Crippen LogP contribution in [0.15, 0.2) is 18.2 Å². The number of thiazole rings is 1. The number of ether oxygens (including phenoxy) is 1. The second-order valence-corrected chi connectivity index (χ2v) is 5.28. The Hall–Kier alpha value is -1.35. The van der Waals surface area contributed by atoms with Gasteiger partial charge in [0.2, 0.25) is 0 Å². The van der Waals surface area contributed by atoms with Crippen molar-refractivity contribution in [2.24, 2.45) is 0 Å². The lowest BCUT2D eigenvalue weighted by atomic mass is 10.1. The van der Waals surface area contributed by atoms with E-state index in [1.54, 1.807) is 11.3 Å². The smallest absolute Gasteiger partial charge is 0.123 e. The van der Waals surface area contributed by atoms with E-state index in [2.05, 4.69) is 37.9 Å². The first-order valence-electron chi connectivity index (χ1n) is 5.79. The van der Waals surface area contributed by atoms with Gasteiger partial charge in [0.15, 0.2) is 0 Å². The van der Waals surface area contributed by atoms with Crippen molar-refractivity contribution in [3.8, 4) is 16.3 Å². The predicted molar refractivity (Wildman–Crippen MR) is 72.9 cm³/mol. The van der Waals surface area contributed by atoms with E-state index in [0.717, 1.165) is 22.0 Å². The molecule has 1 heterocycles. The average molecular weight is 247 g/mol. The summed E-state index contributed by atoms with van der Waals surface area (Å²) in [5.74, 6) is 0.959. The van der Waals surface area contributed by atoms with Gasteiger partial charge in [-0.15, -0.1) is 11.3 Å². The Bertz CT molecular complexity index is 512. The minimum atomic E-state index is 0.704. The molecule has 0 aliphatic heterocycles. The van der Waals surface area contributed by atoms with Crippen LogP contribution in [0.3, 0.4) is 0 Å². The second kappa shape index (κ2) is 4.88. The third-order valence-corrected chi connectivity index (χ3v) is 3.87. The molecule has 1 aromatic heterocycles. The molecule has 0 amide bonds. The predicted octanol–water partition coefficient (Wildman–Crippen LogP) is 4.13. The van der Waals surface area contributed by atoms with Crippen LogP contribution in [0.25, 0.3) is 10.6 Å². The molecule has 2 rings (SSSR count). The summed E-state index contributed by atoms with van der Waals surface area (Å²) in [4.78, 5) is 5.86. The highest BCUT2D eigenvalue weighted by atomic mass is 32.1. The van der Waals surface area contributed by atoms with Gasteiger partial charge in [-0.3, -0.25) is 0 Å². The van der Waals surface area contributed by atoms with Crippen LogP contribution in [0.5, 0.6) is 5.75 Å². The minimum Gasteiger partial charge on any atom is -0.494 e. The Morgan fingerprint density at radius 1 is 1.24 bits per heavy atom. The fourth-order valence-electron chi connectivity index (χ4n) is 1.70. The number of aryl methyl sites for hydroxylation is 3. The molecule has 0 fully saturated rings. The molecular formula is C14H17NOS. The van der Waals surface area contributed by atoms with E-state index in [9.17, 15) is 0 Å². The maximum atomic E-state index is 5.54. The number of rotatable bonds is 3. The van der Waals surface area contributed by atoms with Crippen LogP contribution >= 0.6 is 11.3 Å². The maximum Gasteiger partial charge on any atom is 0.123 e. The van der Waals surface area contributed by atoms with E-state index in [4.69, 9.17) is 4.74 Å². The van der Waals surface area contributed by atoms with Gasteiger partial charge in [-0.05, 0) is 51.5 Å². The summed E-state index contributed by atoms with van der Waals surface area (Å²) in [7, 11) is 0. The molecule has 0 aliphatic rings. The molecule has 0 saturated carbocycles. The van der Waals surface area contributed by atoms with Crippen molar-refractivity contribution < 1.29 is 4.74 Å². The molecule has 1 aromatic carbocycles. The molecule has 0 saturated heterocycles. The topological polar surface area (TPSA) is 22.1 Å². The van der Waals surface area contributed by atoms with Crippen LogP contribution in [0.4, 0.5) is 0 Å². The van der Waals surface area contributed by atoms with E-state index in [1.807, 2.05) is 13.0 Å². The van der Waals surface area contributed by atoms with Crippen molar-refractivity contribution >= 4 is 11.3 Å². The van der Waals surface area contributed by atoms with E-state index < -0.39 is 0 Å². The number of nitrogens with zero attached hydrogens (tertiary/aromatic N) is 1. The Balaban J connectivity index is 2.37. The maximum absolute atomic E-state index is 5.54. The molecular weight excluding hydrogens is 230 g/mol. The summed E-state index contributed by atoms with van der Waals surface area (Å²) in [6.07, 6.45) is 0. The highest BCUT2D eigenvalue weighted by Crippen LogP contribution is 2.30. The molecule has 0 atom stereocenters. The lowest BCUT2D eigenvalue weighted by Crippen LogP contribution is -1.93. The van der Waals surface area contributed by atoms with Crippen LogP contribution in [0, 0.1) is 20.8 Å². The molecule has 0 spiro atoms. The van der Waals surface area contributed by atoms with Crippen LogP contribution < -0.4 is 4.74 Å². The standard InChI is InChI=1S/C14H17NOS/c1-5-16-13-7-6-12(8-9(13)2)14-15-10(3)11(4)17-14/h6-8H,5H2,1-4H3. The summed E-state index contributed by atoms with van der Waals surface area (Å²) < 4.78 is 5.54. The van der Waals surface area contributed by atoms with Crippen molar-refractivity contribution in [1.29, 1.82) is 0 Å². The SMILES string of the molecule is CCOc1ccc(-c2nc(C)c(C)s2)cc1C. The molecule has 0 radical (unpaired) electrons. The van der Waals surface area contributed by atoms with Crippen LogP contribution in [-0.2, 0) is 0 Å². The summed E-state index contributed by atoms with van der Waals surface area (Å²) in [5, 5.41) is 1.09. The Morgan fingerprint density at radius 3 is 2.53 bits per heavy atom. The molecule has 17 heavy (non-hydrogen) atoms. The number of hydrogen-bond acceptors (Lipinski definition) is 3. The number of aromatic nitrogens is 1. The molecule has 0 unspecified atom stereocenters. The normalized spacial score (nSPS) is 10.6. The fraction of sp³-hybridized carbons (Fsp3) is 0.357. The Labute approximate surface area is 106 Å². The zero-order valence-corrected chi connectivity index (χ0v) is 11.5. The summed E-state index contributed by atoms with van der Waals surface area (Å²) in [5.41, 5.74) is 3.46. The Kier molecular flexibility index (Phi) is 3.48. The van der Waals surface area contributed by atoms with Crippen molar-refractivity contribution in [2.75, 3.05) is 6.61 Å². The average Bonchev–Trinajstić information content (AvgIpc) is 2.62. The fourth-order valence-corrected chi connectivity index (χ4v) is 2.61. The molecule has 2 nitrogen and oxygen atoms in total. The molecule has 0 aliphatic carbocycles. The minimum absolute atomic E-state index is 0.704. The van der Waals surface area contributed by atoms with Gasteiger partial charge in [0.1, 0.15) is 10.8 Å². The Morgan fingerprint density at radius 2 is 2.00 bits per heavy atom. The van der Waals surface area contributed by atoms with Crippen molar-refractivity contribution in [3.63, 3.8) is 0 Å². The van der Waals surface area contributed by atoms with Gasteiger partial charge in [0.05, 0.1) is 12.3 Å². The third kappa shape index (κ3) is 2.50. The van der Waals surface area contributed by atoms with Crippen molar-refractivity contribution in [2.45, 2.75) is 27.7 Å². The summed E-state index contributed by atoms with van der Waals surface area (Å²) in [6, 6.07) is 6.25. The van der Waals surface area contributed by atoms with E-state index in [0.29, 0.717) is 6.61 Å². The lowest BCUT2D eigenvalue weighted by molar-refractivity contribution is 0.338.